The van der Waals surface area contributed by atoms with Crippen LogP contribution in [0.25, 0.3) is 0 Å². The van der Waals surface area contributed by atoms with Gasteiger partial charge in [-0.1, -0.05) is 24.3 Å². The van der Waals surface area contributed by atoms with Gasteiger partial charge in [-0.15, -0.1) is 0 Å². The molecule has 5 heteroatoms. The van der Waals surface area contributed by atoms with Crippen LogP contribution in [0.1, 0.15) is 24.5 Å². The second-order valence-electron chi connectivity index (χ2n) is 7.47. The van der Waals surface area contributed by atoms with E-state index >= 15 is 0 Å². The lowest BCUT2D eigenvalue weighted by Gasteiger charge is -2.36. The third-order valence-electron chi connectivity index (χ3n) is 5.20. The summed E-state index contributed by atoms with van der Waals surface area (Å²) in [4.78, 5) is 30.8. The summed E-state index contributed by atoms with van der Waals surface area (Å²) in [5.41, 5.74) is 4.30. The number of anilines is 2. The van der Waals surface area contributed by atoms with E-state index in [4.69, 9.17) is 0 Å². The molecule has 0 aromatic heterocycles. The SMILES string of the molecule is CC(=O)N(CCC(=O)N1CCN(c2ccccc2)CC1)c1cc(C)cc(C)c1. The van der Waals surface area contributed by atoms with Crippen LogP contribution in [-0.4, -0.2) is 49.4 Å². The Labute approximate surface area is 167 Å². The number of nitrogens with zero attached hydrogens (tertiary/aromatic N) is 3. The predicted molar refractivity (Wildman–Crippen MR) is 114 cm³/mol. The Morgan fingerprint density at radius 1 is 0.929 bits per heavy atom. The maximum Gasteiger partial charge on any atom is 0.224 e. The van der Waals surface area contributed by atoms with Crippen molar-refractivity contribution in [3.05, 3.63) is 59.7 Å². The number of hydrogen-bond donors (Lipinski definition) is 0. The third-order valence-corrected chi connectivity index (χ3v) is 5.20. The average Bonchev–Trinajstić information content (AvgIpc) is 2.68. The van der Waals surface area contributed by atoms with E-state index in [2.05, 4.69) is 23.1 Å². The number of benzene rings is 2. The zero-order chi connectivity index (χ0) is 20.1. The number of hydrogen-bond acceptors (Lipinski definition) is 3. The number of aryl methyl sites for hydroxylation is 2. The van der Waals surface area contributed by atoms with Gasteiger partial charge in [0.2, 0.25) is 11.8 Å². The van der Waals surface area contributed by atoms with E-state index in [0.29, 0.717) is 13.0 Å². The minimum Gasteiger partial charge on any atom is -0.368 e. The molecule has 1 aliphatic rings. The largest absolute Gasteiger partial charge is 0.368 e. The van der Waals surface area contributed by atoms with Gasteiger partial charge in [0.15, 0.2) is 0 Å². The lowest BCUT2D eigenvalue weighted by Crippen LogP contribution is -2.49. The van der Waals surface area contributed by atoms with Gasteiger partial charge < -0.3 is 14.7 Å². The zero-order valence-corrected chi connectivity index (χ0v) is 17.0. The van der Waals surface area contributed by atoms with Crippen LogP contribution >= 0.6 is 0 Å². The topological polar surface area (TPSA) is 43.9 Å². The van der Waals surface area contributed by atoms with E-state index < -0.39 is 0 Å². The molecule has 28 heavy (non-hydrogen) atoms. The molecule has 0 atom stereocenters. The van der Waals surface area contributed by atoms with Crippen molar-refractivity contribution >= 4 is 23.2 Å². The van der Waals surface area contributed by atoms with Gasteiger partial charge in [0.1, 0.15) is 0 Å². The number of piperazine rings is 1. The first-order valence-electron chi connectivity index (χ1n) is 9.88. The molecule has 0 saturated carbocycles. The highest BCUT2D eigenvalue weighted by atomic mass is 16.2. The molecule has 148 valence electrons. The van der Waals surface area contributed by atoms with E-state index in [1.165, 1.54) is 5.69 Å². The van der Waals surface area contributed by atoms with Crippen molar-refractivity contribution in [1.82, 2.24) is 4.90 Å². The summed E-state index contributed by atoms with van der Waals surface area (Å²) in [7, 11) is 0. The second-order valence-corrected chi connectivity index (χ2v) is 7.47. The molecule has 1 aliphatic heterocycles. The molecule has 3 rings (SSSR count). The summed E-state index contributed by atoms with van der Waals surface area (Å²) in [5, 5.41) is 0. The van der Waals surface area contributed by atoms with Crippen molar-refractivity contribution in [1.29, 1.82) is 0 Å². The Bertz CT molecular complexity index is 807. The molecule has 5 nitrogen and oxygen atoms in total. The van der Waals surface area contributed by atoms with Crippen LogP contribution in [0.4, 0.5) is 11.4 Å². The molecule has 0 bridgehead atoms. The Kier molecular flexibility index (Phi) is 6.34. The quantitative estimate of drug-likeness (QED) is 0.800. The fourth-order valence-electron chi connectivity index (χ4n) is 3.79. The van der Waals surface area contributed by atoms with E-state index in [1.54, 1.807) is 11.8 Å². The molecule has 1 heterocycles. The van der Waals surface area contributed by atoms with Crippen LogP contribution in [0, 0.1) is 13.8 Å². The second kappa shape index (κ2) is 8.91. The number of para-hydroxylation sites is 1. The fraction of sp³-hybridized carbons (Fsp3) is 0.391. The van der Waals surface area contributed by atoms with Crippen LogP contribution in [0.5, 0.6) is 0 Å². The highest BCUT2D eigenvalue weighted by molar-refractivity contribution is 5.92. The molecule has 0 spiro atoms. The summed E-state index contributed by atoms with van der Waals surface area (Å²) in [6.45, 7) is 9.12. The third kappa shape index (κ3) is 4.91. The molecule has 1 fully saturated rings. The van der Waals surface area contributed by atoms with Crippen LogP contribution in [-0.2, 0) is 9.59 Å². The van der Waals surface area contributed by atoms with Crippen LogP contribution in [0.15, 0.2) is 48.5 Å². The standard InChI is InChI=1S/C23H29N3O2/c1-18-15-19(2)17-22(16-18)26(20(3)27)10-9-23(28)25-13-11-24(12-14-25)21-7-5-4-6-8-21/h4-8,15-17H,9-14H2,1-3H3. The normalized spacial score (nSPS) is 14.1. The molecular weight excluding hydrogens is 350 g/mol. The molecule has 0 N–H and O–H groups in total. The van der Waals surface area contributed by atoms with E-state index in [0.717, 1.165) is 43.0 Å². The van der Waals surface area contributed by atoms with Crippen molar-refractivity contribution in [3.8, 4) is 0 Å². The first-order chi connectivity index (χ1) is 13.4. The van der Waals surface area contributed by atoms with Gasteiger partial charge in [0.25, 0.3) is 0 Å². The first kappa shape index (κ1) is 19.9. The van der Waals surface area contributed by atoms with Gasteiger partial charge in [-0.2, -0.15) is 0 Å². The fourth-order valence-corrected chi connectivity index (χ4v) is 3.79. The molecule has 0 radical (unpaired) electrons. The maximum absolute atomic E-state index is 12.7. The number of rotatable bonds is 5. The summed E-state index contributed by atoms with van der Waals surface area (Å²) >= 11 is 0. The lowest BCUT2D eigenvalue weighted by atomic mass is 10.1. The van der Waals surface area contributed by atoms with Crippen molar-refractivity contribution < 1.29 is 9.59 Å². The minimum atomic E-state index is -0.0355. The van der Waals surface area contributed by atoms with Gasteiger partial charge in [0.05, 0.1) is 0 Å². The summed E-state index contributed by atoms with van der Waals surface area (Å²) < 4.78 is 0. The summed E-state index contributed by atoms with van der Waals surface area (Å²) in [5.74, 6) is 0.0787. The number of carbonyl (C=O) groups excluding carboxylic acids is 2. The van der Waals surface area contributed by atoms with Crippen LogP contribution in [0.3, 0.4) is 0 Å². The molecule has 2 amide bonds. The summed E-state index contributed by atoms with van der Waals surface area (Å²) in [6.07, 6.45) is 0.345. The molecular formula is C23H29N3O2. The number of carbonyl (C=O) groups is 2. The highest BCUT2D eigenvalue weighted by Gasteiger charge is 2.22. The smallest absolute Gasteiger partial charge is 0.224 e. The van der Waals surface area contributed by atoms with Gasteiger partial charge in [-0.05, 0) is 49.2 Å². The van der Waals surface area contributed by atoms with Crippen molar-refractivity contribution in [3.63, 3.8) is 0 Å². The minimum absolute atomic E-state index is 0.0355. The Hall–Kier alpha value is -2.82. The zero-order valence-electron chi connectivity index (χ0n) is 17.0. The van der Waals surface area contributed by atoms with E-state index in [1.807, 2.05) is 49.1 Å². The molecule has 2 aromatic carbocycles. The van der Waals surface area contributed by atoms with Gasteiger partial charge in [0, 0.05) is 57.4 Å². The van der Waals surface area contributed by atoms with Crippen LogP contribution in [0.2, 0.25) is 0 Å². The predicted octanol–water partition coefficient (Wildman–Crippen LogP) is 3.40. The first-order valence-corrected chi connectivity index (χ1v) is 9.88. The van der Waals surface area contributed by atoms with E-state index in [-0.39, 0.29) is 11.8 Å². The van der Waals surface area contributed by atoms with Crippen molar-refractivity contribution in [2.24, 2.45) is 0 Å². The van der Waals surface area contributed by atoms with Crippen LogP contribution < -0.4 is 9.80 Å². The lowest BCUT2D eigenvalue weighted by molar-refractivity contribution is -0.131. The van der Waals surface area contributed by atoms with Gasteiger partial charge in [-0.25, -0.2) is 0 Å². The molecule has 2 aromatic rings. The van der Waals surface area contributed by atoms with E-state index in [9.17, 15) is 9.59 Å². The monoisotopic (exact) mass is 379 g/mol. The molecule has 1 saturated heterocycles. The summed E-state index contributed by atoms with van der Waals surface area (Å²) in [6, 6.07) is 16.4. The average molecular weight is 380 g/mol. The van der Waals surface area contributed by atoms with Gasteiger partial charge >= 0.3 is 0 Å². The highest BCUT2D eigenvalue weighted by Crippen LogP contribution is 2.20. The van der Waals surface area contributed by atoms with Crippen molar-refractivity contribution in [2.45, 2.75) is 27.2 Å². The number of amides is 2. The molecule has 0 aliphatic carbocycles. The molecule has 0 unspecified atom stereocenters. The Morgan fingerprint density at radius 3 is 2.11 bits per heavy atom. The Morgan fingerprint density at radius 2 is 1.54 bits per heavy atom. The van der Waals surface area contributed by atoms with Gasteiger partial charge in [-0.3, -0.25) is 9.59 Å². The maximum atomic E-state index is 12.7. The Balaban J connectivity index is 1.56. The van der Waals surface area contributed by atoms with Crippen molar-refractivity contribution in [2.75, 3.05) is 42.5 Å².